The second-order valence-electron chi connectivity index (χ2n) is 6.71. The molecule has 4 aromatic rings. The number of methoxy groups -OCH3 is 2. The van der Waals surface area contributed by atoms with Gasteiger partial charge in [-0.2, -0.15) is 0 Å². The van der Waals surface area contributed by atoms with Crippen LogP contribution in [0.4, 0.5) is 0 Å². The van der Waals surface area contributed by atoms with Gasteiger partial charge in [-0.1, -0.05) is 18.2 Å². The Kier molecular flexibility index (Phi) is 3.69. The number of pyridine rings is 1. The summed E-state index contributed by atoms with van der Waals surface area (Å²) in [4.78, 5) is 17.1. The number of hydrogen-bond donors (Lipinski definition) is 0. The molecule has 5 nitrogen and oxygen atoms in total. The van der Waals surface area contributed by atoms with Gasteiger partial charge in [-0.25, -0.2) is 4.79 Å². The van der Waals surface area contributed by atoms with Crippen LogP contribution in [0.5, 0.6) is 11.5 Å². The van der Waals surface area contributed by atoms with E-state index in [9.17, 15) is 4.79 Å². The van der Waals surface area contributed by atoms with Gasteiger partial charge in [0, 0.05) is 28.3 Å². The molecule has 0 fully saturated rings. The molecule has 5 rings (SSSR count). The van der Waals surface area contributed by atoms with Crippen LogP contribution in [0, 0.1) is 0 Å². The number of carbonyl (C=O) groups is 1. The molecule has 28 heavy (non-hydrogen) atoms. The van der Waals surface area contributed by atoms with E-state index in [4.69, 9.17) is 14.2 Å². The summed E-state index contributed by atoms with van der Waals surface area (Å²) in [6.07, 6.45) is 1.81. The minimum Gasteiger partial charge on any atom is -0.493 e. The molecule has 138 valence electrons. The Balaban J connectivity index is 1.89. The lowest BCUT2D eigenvalue weighted by atomic mass is 9.90. The van der Waals surface area contributed by atoms with Gasteiger partial charge in [0.1, 0.15) is 6.61 Å². The summed E-state index contributed by atoms with van der Waals surface area (Å²) in [6, 6.07) is 15.8. The summed E-state index contributed by atoms with van der Waals surface area (Å²) < 4.78 is 16.3. The lowest BCUT2D eigenvalue weighted by Crippen LogP contribution is -2.00. The third kappa shape index (κ3) is 2.40. The van der Waals surface area contributed by atoms with Crippen LogP contribution in [-0.4, -0.2) is 25.2 Å². The molecule has 3 aromatic carbocycles. The summed E-state index contributed by atoms with van der Waals surface area (Å²) >= 11 is 0. The van der Waals surface area contributed by atoms with E-state index in [0.717, 1.165) is 38.4 Å². The molecular weight excluding hydrogens is 354 g/mol. The highest BCUT2D eigenvalue weighted by atomic mass is 16.5. The maximum absolute atomic E-state index is 12.5. The molecule has 1 aliphatic heterocycles. The first-order chi connectivity index (χ1) is 13.7. The third-order valence-corrected chi connectivity index (χ3v) is 5.17. The van der Waals surface area contributed by atoms with Crippen molar-refractivity contribution in [3.63, 3.8) is 0 Å². The third-order valence-electron chi connectivity index (χ3n) is 5.17. The Hall–Kier alpha value is -3.60. The van der Waals surface area contributed by atoms with Crippen LogP contribution in [0.25, 0.3) is 32.8 Å². The van der Waals surface area contributed by atoms with Gasteiger partial charge in [-0.15, -0.1) is 0 Å². The maximum Gasteiger partial charge on any atom is 0.339 e. The lowest BCUT2D eigenvalue weighted by Gasteiger charge is -2.15. The second-order valence-corrected chi connectivity index (χ2v) is 6.71. The smallest absolute Gasteiger partial charge is 0.339 e. The van der Waals surface area contributed by atoms with Crippen molar-refractivity contribution < 1.29 is 19.0 Å². The molecule has 0 saturated heterocycles. The van der Waals surface area contributed by atoms with Crippen molar-refractivity contribution in [3.05, 3.63) is 65.9 Å². The van der Waals surface area contributed by atoms with E-state index in [0.29, 0.717) is 17.1 Å². The quantitative estimate of drug-likeness (QED) is 0.487. The molecule has 0 atom stereocenters. The second kappa shape index (κ2) is 6.23. The fourth-order valence-corrected chi connectivity index (χ4v) is 3.86. The van der Waals surface area contributed by atoms with Crippen molar-refractivity contribution in [2.24, 2.45) is 0 Å². The van der Waals surface area contributed by atoms with Gasteiger partial charge in [-0.3, -0.25) is 4.98 Å². The number of carbonyl (C=O) groups excluding carboxylic acids is 1. The molecule has 0 spiro atoms. The molecular formula is C23H17NO4. The number of fused-ring (bicyclic) bond motifs is 3. The molecule has 0 saturated carbocycles. The minimum atomic E-state index is -0.310. The molecule has 5 heteroatoms. The fraction of sp³-hybridized carbons (Fsp3) is 0.130. The first-order valence-corrected chi connectivity index (χ1v) is 8.93. The van der Waals surface area contributed by atoms with Crippen LogP contribution in [0.3, 0.4) is 0 Å². The molecule has 1 aliphatic rings. The molecule has 0 radical (unpaired) electrons. The topological polar surface area (TPSA) is 57.7 Å². The van der Waals surface area contributed by atoms with Crippen molar-refractivity contribution in [1.82, 2.24) is 4.98 Å². The van der Waals surface area contributed by atoms with Crippen molar-refractivity contribution in [2.45, 2.75) is 6.61 Å². The van der Waals surface area contributed by atoms with Crippen LogP contribution in [0.2, 0.25) is 0 Å². The number of nitrogens with zero attached hydrogens (tertiary/aromatic N) is 1. The molecule has 0 amide bonds. The van der Waals surface area contributed by atoms with E-state index in [2.05, 4.69) is 11.1 Å². The minimum absolute atomic E-state index is 0.270. The fourth-order valence-electron chi connectivity index (χ4n) is 3.86. The molecule has 0 aliphatic carbocycles. The molecule has 0 unspecified atom stereocenters. The SMILES string of the molecule is COc1cc2cc3c(c(-c4cnc5ccccc5c4)c2cc1OC)C(=O)OC3. The Bertz CT molecular complexity index is 1260. The first kappa shape index (κ1) is 16.6. The predicted octanol–water partition coefficient (Wildman–Crippen LogP) is 4.74. The van der Waals surface area contributed by atoms with Gasteiger partial charge in [0.15, 0.2) is 11.5 Å². The number of rotatable bonds is 3. The monoisotopic (exact) mass is 371 g/mol. The normalized spacial score (nSPS) is 12.9. The van der Waals surface area contributed by atoms with Crippen molar-refractivity contribution >= 4 is 27.6 Å². The zero-order valence-electron chi connectivity index (χ0n) is 15.5. The van der Waals surface area contributed by atoms with Gasteiger partial charge in [0.05, 0.1) is 25.3 Å². The van der Waals surface area contributed by atoms with Gasteiger partial charge in [0.25, 0.3) is 0 Å². The van der Waals surface area contributed by atoms with Gasteiger partial charge < -0.3 is 14.2 Å². The molecule has 1 aromatic heterocycles. The van der Waals surface area contributed by atoms with Crippen LogP contribution in [-0.2, 0) is 11.3 Å². The summed E-state index contributed by atoms with van der Waals surface area (Å²) in [5, 5.41) is 2.86. The summed E-state index contributed by atoms with van der Waals surface area (Å²) in [7, 11) is 3.21. The van der Waals surface area contributed by atoms with Crippen LogP contribution in [0.1, 0.15) is 15.9 Å². The largest absolute Gasteiger partial charge is 0.493 e. The first-order valence-electron chi connectivity index (χ1n) is 8.93. The number of hydrogen-bond acceptors (Lipinski definition) is 5. The van der Waals surface area contributed by atoms with Crippen molar-refractivity contribution in [3.8, 4) is 22.6 Å². The van der Waals surface area contributed by atoms with E-state index in [1.165, 1.54) is 0 Å². The number of benzene rings is 3. The number of esters is 1. The van der Waals surface area contributed by atoms with Crippen LogP contribution < -0.4 is 9.47 Å². The van der Waals surface area contributed by atoms with E-state index >= 15 is 0 Å². The highest BCUT2D eigenvalue weighted by Crippen LogP contribution is 2.42. The zero-order chi connectivity index (χ0) is 19.3. The van der Waals surface area contributed by atoms with E-state index < -0.39 is 0 Å². The standard InChI is InChI=1S/C23H17NO4/c1-26-19-9-14-8-16-12-28-23(25)22(16)21(17(14)10-20(19)27-2)15-7-13-5-3-4-6-18(13)24-11-15/h3-11H,12H2,1-2H3. The van der Waals surface area contributed by atoms with Gasteiger partial charge in [0.2, 0.25) is 0 Å². The Labute approximate surface area is 161 Å². The average Bonchev–Trinajstić information content (AvgIpc) is 3.10. The Morgan fingerprint density at radius 1 is 0.929 bits per heavy atom. The number of ether oxygens (including phenoxy) is 3. The average molecular weight is 371 g/mol. The van der Waals surface area contributed by atoms with Gasteiger partial charge in [-0.05, 0) is 41.1 Å². The Morgan fingerprint density at radius 2 is 1.71 bits per heavy atom. The van der Waals surface area contributed by atoms with Crippen LogP contribution in [0.15, 0.2) is 54.7 Å². The van der Waals surface area contributed by atoms with Crippen LogP contribution >= 0.6 is 0 Å². The molecule has 2 heterocycles. The highest BCUT2D eigenvalue weighted by Gasteiger charge is 2.28. The summed E-state index contributed by atoms with van der Waals surface area (Å²) in [5.41, 5.74) is 4.05. The number of para-hydroxylation sites is 1. The Morgan fingerprint density at radius 3 is 2.54 bits per heavy atom. The number of aromatic nitrogens is 1. The van der Waals surface area contributed by atoms with E-state index in [1.54, 1.807) is 20.4 Å². The summed E-state index contributed by atoms with van der Waals surface area (Å²) in [5.74, 6) is 0.939. The predicted molar refractivity (Wildman–Crippen MR) is 107 cm³/mol. The number of cyclic esters (lactones) is 1. The molecule has 0 N–H and O–H groups in total. The summed E-state index contributed by atoms with van der Waals surface area (Å²) in [6.45, 7) is 0.270. The molecule has 0 bridgehead atoms. The lowest BCUT2D eigenvalue weighted by molar-refractivity contribution is 0.0535. The van der Waals surface area contributed by atoms with Crippen molar-refractivity contribution in [2.75, 3.05) is 14.2 Å². The highest BCUT2D eigenvalue weighted by molar-refractivity contribution is 6.11. The van der Waals surface area contributed by atoms with Gasteiger partial charge >= 0.3 is 5.97 Å². The van der Waals surface area contributed by atoms with E-state index in [-0.39, 0.29) is 12.6 Å². The zero-order valence-corrected chi connectivity index (χ0v) is 15.5. The van der Waals surface area contributed by atoms with E-state index in [1.807, 2.05) is 42.5 Å². The van der Waals surface area contributed by atoms with Crippen molar-refractivity contribution in [1.29, 1.82) is 0 Å². The maximum atomic E-state index is 12.5.